The average Bonchev–Trinajstić information content (AvgIpc) is 3.01. The largest absolute Gasteiger partial charge is 0.340 e. The predicted octanol–water partition coefficient (Wildman–Crippen LogP) is 5.13. The van der Waals surface area contributed by atoms with E-state index in [0.717, 1.165) is 9.13 Å². The minimum absolute atomic E-state index is 0.0572. The second-order valence-corrected chi connectivity index (χ2v) is 7.38. The number of fused-ring (bicyclic) bond motifs is 1. The molecule has 5 nitrogen and oxygen atoms in total. The van der Waals surface area contributed by atoms with Crippen molar-refractivity contribution in [3.05, 3.63) is 98.1 Å². The second kappa shape index (κ2) is 7.55. The molecule has 0 fully saturated rings. The van der Waals surface area contributed by atoms with Gasteiger partial charge in [-0.2, -0.15) is 0 Å². The molecule has 0 radical (unpaired) electrons. The van der Waals surface area contributed by atoms with Crippen molar-refractivity contribution in [2.24, 2.45) is 0 Å². The zero-order valence-electron chi connectivity index (χ0n) is 15.5. The van der Waals surface area contributed by atoms with Gasteiger partial charge in [-0.3, -0.25) is 14.2 Å². The fraction of sp³-hybridized carbons (Fsp3) is 0.0455. The third-order valence-corrected chi connectivity index (χ3v) is 5.35. The number of aromatic nitrogens is 2. The number of imidazole rings is 1. The molecule has 0 unspecified atom stereocenters. The number of carbonyl (C=O) groups excluding carboxylic acids is 2. The van der Waals surface area contributed by atoms with Crippen LogP contribution in [0.3, 0.4) is 0 Å². The molecule has 0 N–H and O–H groups in total. The summed E-state index contributed by atoms with van der Waals surface area (Å²) >= 11 is 12.3. The number of para-hydroxylation sites is 1. The van der Waals surface area contributed by atoms with Gasteiger partial charge in [0.1, 0.15) is 11.3 Å². The Kier molecular flexibility index (Phi) is 5.05. The molecule has 0 aliphatic carbocycles. The van der Waals surface area contributed by atoms with E-state index in [4.69, 9.17) is 23.2 Å². The molecular weight excluding hydrogens is 430 g/mol. The summed E-state index contributed by atoms with van der Waals surface area (Å²) in [6, 6.07) is 14.7. The van der Waals surface area contributed by atoms with Crippen LogP contribution in [0.5, 0.6) is 0 Å². The summed E-state index contributed by atoms with van der Waals surface area (Å²) in [4.78, 5) is 38.1. The summed E-state index contributed by atoms with van der Waals surface area (Å²) in [6.07, 6.45) is 0. The maximum absolute atomic E-state index is 14.8. The van der Waals surface area contributed by atoms with Crippen molar-refractivity contribution in [2.75, 3.05) is 0 Å². The maximum atomic E-state index is 14.8. The molecule has 4 rings (SSSR count). The van der Waals surface area contributed by atoms with E-state index in [1.54, 1.807) is 6.07 Å². The lowest BCUT2D eigenvalue weighted by Crippen LogP contribution is -2.29. The highest BCUT2D eigenvalue weighted by Gasteiger charge is 2.25. The maximum Gasteiger partial charge on any atom is 0.340 e. The highest BCUT2D eigenvalue weighted by Crippen LogP contribution is 2.27. The predicted molar refractivity (Wildman–Crippen MR) is 114 cm³/mol. The zero-order chi connectivity index (χ0) is 21.6. The van der Waals surface area contributed by atoms with Crippen LogP contribution >= 0.6 is 23.2 Å². The third-order valence-electron chi connectivity index (χ3n) is 4.72. The van der Waals surface area contributed by atoms with Crippen molar-refractivity contribution in [3.63, 3.8) is 0 Å². The topological polar surface area (TPSA) is 61.1 Å². The van der Waals surface area contributed by atoms with Crippen LogP contribution in [0.2, 0.25) is 10.0 Å². The van der Waals surface area contributed by atoms with E-state index >= 15 is 0 Å². The summed E-state index contributed by atoms with van der Waals surface area (Å²) in [7, 11) is 0. The molecule has 30 heavy (non-hydrogen) atoms. The van der Waals surface area contributed by atoms with Crippen LogP contribution in [-0.4, -0.2) is 20.8 Å². The Labute approximate surface area is 179 Å². The summed E-state index contributed by atoms with van der Waals surface area (Å²) in [5, 5.41) is 0.144. The first-order valence-corrected chi connectivity index (χ1v) is 9.59. The van der Waals surface area contributed by atoms with Crippen LogP contribution in [0.25, 0.3) is 16.7 Å². The van der Waals surface area contributed by atoms with Crippen molar-refractivity contribution in [3.8, 4) is 5.69 Å². The summed E-state index contributed by atoms with van der Waals surface area (Å²) in [6.45, 7) is 1.42. The van der Waals surface area contributed by atoms with E-state index in [1.807, 2.05) is 0 Å². The monoisotopic (exact) mass is 442 g/mol. The number of halogens is 3. The van der Waals surface area contributed by atoms with Gasteiger partial charge in [-0.1, -0.05) is 35.3 Å². The highest BCUT2D eigenvalue weighted by molar-refractivity contribution is 6.39. The zero-order valence-corrected chi connectivity index (χ0v) is 17.0. The van der Waals surface area contributed by atoms with Crippen LogP contribution < -0.4 is 5.69 Å². The molecule has 0 aliphatic rings. The standard InChI is InChI=1S/C22H13Cl2FN2O3/c1-12(28)13-8-10-14(11-9-13)26-20-17(25)6-3-7-18(20)27(22(26)30)21(29)19-15(23)4-2-5-16(19)24/h2-11H,1H3. The number of carbonyl (C=O) groups is 2. The van der Waals surface area contributed by atoms with Gasteiger partial charge >= 0.3 is 5.69 Å². The number of rotatable bonds is 3. The minimum Gasteiger partial charge on any atom is -0.295 e. The van der Waals surface area contributed by atoms with Crippen molar-refractivity contribution in [1.82, 2.24) is 9.13 Å². The van der Waals surface area contributed by atoms with Gasteiger partial charge in [0.2, 0.25) is 0 Å². The SMILES string of the molecule is CC(=O)c1ccc(-n2c(=O)n(C(=O)c3c(Cl)cccc3Cl)c3cccc(F)c32)cc1. The van der Waals surface area contributed by atoms with E-state index in [0.29, 0.717) is 11.3 Å². The van der Waals surface area contributed by atoms with E-state index in [-0.39, 0.29) is 32.4 Å². The first-order chi connectivity index (χ1) is 14.3. The number of ketones is 1. The van der Waals surface area contributed by atoms with Crippen LogP contribution in [0.1, 0.15) is 27.6 Å². The van der Waals surface area contributed by atoms with Crippen molar-refractivity contribution >= 4 is 45.9 Å². The molecule has 0 saturated carbocycles. The van der Waals surface area contributed by atoms with E-state index in [1.165, 1.54) is 61.5 Å². The normalized spacial score (nSPS) is 11.1. The Balaban J connectivity index is 2.03. The number of benzene rings is 3. The highest BCUT2D eigenvalue weighted by atomic mass is 35.5. The van der Waals surface area contributed by atoms with Crippen molar-refractivity contribution in [2.45, 2.75) is 6.92 Å². The van der Waals surface area contributed by atoms with Crippen LogP contribution in [-0.2, 0) is 0 Å². The molecule has 0 amide bonds. The number of nitrogens with zero attached hydrogens (tertiary/aromatic N) is 2. The molecule has 1 aromatic heterocycles. The number of Topliss-reactive ketones (excluding diaryl/α,β-unsaturated/α-hetero) is 1. The van der Waals surface area contributed by atoms with Gasteiger partial charge in [0.05, 0.1) is 26.8 Å². The fourth-order valence-electron chi connectivity index (χ4n) is 3.30. The quantitative estimate of drug-likeness (QED) is 0.413. The third kappa shape index (κ3) is 3.14. The Hall–Kier alpha value is -3.22. The van der Waals surface area contributed by atoms with Gasteiger partial charge in [0.25, 0.3) is 5.91 Å². The Bertz CT molecular complexity index is 1370. The van der Waals surface area contributed by atoms with E-state index in [9.17, 15) is 18.8 Å². The Morgan fingerprint density at radius 2 is 1.50 bits per heavy atom. The van der Waals surface area contributed by atoms with Gasteiger partial charge in [-0.15, -0.1) is 0 Å². The minimum atomic E-state index is -0.785. The summed E-state index contributed by atoms with van der Waals surface area (Å²) < 4.78 is 16.7. The lowest BCUT2D eigenvalue weighted by molar-refractivity contribution is 0.0959. The van der Waals surface area contributed by atoms with Crippen LogP contribution in [0, 0.1) is 5.82 Å². The van der Waals surface area contributed by atoms with Gasteiger partial charge in [0.15, 0.2) is 5.78 Å². The molecule has 1 heterocycles. The molecular formula is C22H13Cl2FN2O3. The van der Waals surface area contributed by atoms with Crippen LogP contribution in [0.15, 0.2) is 65.5 Å². The molecule has 0 bridgehead atoms. The molecule has 0 spiro atoms. The van der Waals surface area contributed by atoms with E-state index in [2.05, 4.69) is 0 Å². The smallest absolute Gasteiger partial charge is 0.295 e. The molecule has 8 heteroatoms. The number of hydrogen-bond donors (Lipinski definition) is 0. The van der Waals surface area contributed by atoms with Gasteiger partial charge in [-0.05, 0) is 55.5 Å². The molecule has 0 atom stereocenters. The molecule has 0 saturated heterocycles. The summed E-state index contributed by atoms with van der Waals surface area (Å²) in [5.41, 5.74) is -0.108. The van der Waals surface area contributed by atoms with Gasteiger partial charge in [-0.25, -0.2) is 13.8 Å². The average molecular weight is 443 g/mol. The molecule has 3 aromatic carbocycles. The van der Waals surface area contributed by atoms with E-state index < -0.39 is 17.4 Å². The van der Waals surface area contributed by atoms with Crippen LogP contribution in [0.4, 0.5) is 4.39 Å². The summed E-state index contributed by atoms with van der Waals surface area (Å²) in [5.74, 6) is -1.60. The fourth-order valence-corrected chi connectivity index (χ4v) is 3.86. The van der Waals surface area contributed by atoms with Gasteiger partial charge < -0.3 is 0 Å². The first kappa shape index (κ1) is 20.1. The molecule has 4 aromatic rings. The Morgan fingerprint density at radius 3 is 2.10 bits per heavy atom. The van der Waals surface area contributed by atoms with Crippen molar-refractivity contribution in [1.29, 1.82) is 0 Å². The lowest BCUT2D eigenvalue weighted by atomic mass is 10.1. The van der Waals surface area contributed by atoms with Gasteiger partial charge in [0, 0.05) is 5.56 Å². The first-order valence-electron chi connectivity index (χ1n) is 8.83. The van der Waals surface area contributed by atoms with Crippen molar-refractivity contribution < 1.29 is 14.0 Å². The number of hydrogen-bond acceptors (Lipinski definition) is 3. The molecule has 150 valence electrons. The Morgan fingerprint density at radius 1 is 0.900 bits per heavy atom. The molecule has 0 aliphatic heterocycles. The lowest BCUT2D eigenvalue weighted by Gasteiger charge is -2.06. The second-order valence-electron chi connectivity index (χ2n) is 6.57.